The number of aliphatic hydroxyl groups excluding tert-OH is 2. The van der Waals surface area contributed by atoms with Gasteiger partial charge >= 0.3 is 0 Å². The lowest BCUT2D eigenvalue weighted by Crippen LogP contribution is -2.30. The summed E-state index contributed by atoms with van der Waals surface area (Å²) in [4.78, 5) is 0. The van der Waals surface area contributed by atoms with Crippen molar-refractivity contribution >= 4 is 0 Å². The Morgan fingerprint density at radius 2 is 2.22 bits per heavy atom. The van der Waals surface area contributed by atoms with Gasteiger partial charge in [0.2, 0.25) is 0 Å². The Balaban J connectivity index is 2.37. The third kappa shape index (κ3) is 5.00. The third-order valence-corrected chi connectivity index (χ3v) is 2.48. The van der Waals surface area contributed by atoms with E-state index in [9.17, 15) is 4.39 Å². The molecule has 0 amide bonds. The second kappa shape index (κ2) is 8.02. The molecule has 18 heavy (non-hydrogen) atoms. The summed E-state index contributed by atoms with van der Waals surface area (Å²) in [5.41, 5.74) is 0.863. The molecule has 1 atom stereocenters. The molecule has 1 aromatic carbocycles. The molecule has 0 aliphatic rings. The average molecular weight is 257 g/mol. The van der Waals surface area contributed by atoms with Crippen LogP contribution in [0.25, 0.3) is 0 Å². The Kier molecular flexibility index (Phi) is 6.64. The molecule has 5 heteroatoms. The van der Waals surface area contributed by atoms with Crippen LogP contribution in [0.2, 0.25) is 0 Å². The lowest BCUT2D eigenvalue weighted by atomic mass is 10.1. The van der Waals surface area contributed by atoms with Crippen molar-refractivity contribution in [2.45, 2.75) is 19.4 Å². The molecule has 0 saturated heterocycles. The normalized spacial score (nSPS) is 12.4. The van der Waals surface area contributed by atoms with Crippen LogP contribution in [0.3, 0.4) is 0 Å². The maximum absolute atomic E-state index is 13.5. The quantitative estimate of drug-likeness (QED) is 0.600. The largest absolute Gasteiger partial charge is 0.491 e. The minimum atomic E-state index is -0.748. The lowest BCUT2D eigenvalue weighted by Gasteiger charge is -2.09. The zero-order valence-electron chi connectivity index (χ0n) is 10.5. The van der Waals surface area contributed by atoms with Gasteiger partial charge in [-0.2, -0.15) is 0 Å². The van der Waals surface area contributed by atoms with Crippen LogP contribution < -0.4 is 10.1 Å². The summed E-state index contributed by atoms with van der Waals surface area (Å²) < 4.78 is 18.6. The fourth-order valence-electron chi connectivity index (χ4n) is 1.54. The van der Waals surface area contributed by atoms with Crippen LogP contribution in [-0.4, -0.2) is 42.6 Å². The van der Waals surface area contributed by atoms with E-state index in [2.05, 4.69) is 5.32 Å². The number of aliphatic hydroxyl groups is 2. The van der Waals surface area contributed by atoms with Crippen molar-refractivity contribution in [1.82, 2.24) is 5.32 Å². The van der Waals surface area contributed by atoms with Gasteiger partial charge in [-0.1, -0.05) is 6.07 Å². The molecule has 1 aromatic rings. The van der Waals surface area contributed by atoms with Crippen molar-refractivity contribution in [3.05, 3.63) is 29.6 Å². The van der Waals surface area contributed by atoms with Crippen LogP contribution in [0.15, 0.2) is 18.2 Å². The van der Waals surface area contributed by atoms with Gasteiger partial charge in [0.05, 0.1) is 19.3 Å². The summed E-state index contributed by atoms with van der Waals surface area (Å²) in [5.74, 6) is -0.0883. The van der Waals surface area contributed by atoms with E-state index < -0.39 is 6.10 Å². The standard InChI is InChI=1S/C13H20FNO3/c1-2-18-13-4-3-10(7-12(13)14)5-6-15-8-11(17)9-16/h3-4,7,11,15-17H,2,5-6,8-9H2,1H3. The van der Waals surface area contributed by atoms with Crippen molar-refractivity contribution in [3.8, 4) is 5.75 Å². The second-order valence-corrected chi connectivity index (χ2v) is 3.99. The average Bonchev–Trinajstić information content (AvgIpc) is 2.37. The maximum atomic E-state index is 13.5. The third-order valence-electron chi connectivity index (χ3n) is 2.48. The molecule has 4 nitrogen and oxygen atoms in total. The molecule has 0 saturated carbocycles. The number of nitrogens with one attached hydrogen (secondary N) is 1. The summed E-state index contributed by atoms with van der Waals surface area (Å²) >= 11 is 0. The molecule has 1 rings (SSSR count). The van der Waals surface area contributed by atoms with E-state index in [1.165, 1.54) is 6.07 Å². The SMILES string of the molecule is CCOc1ccc(CCNCC(O)CO)cc1F. The molecule has 0 aliphatic carbocycles. The molecule has 0 aromatic heterocycles. The molecule has 0 bridgehead atoms. The van der Waals surface area contributed by atoms with Gasteiger partial charge in [-0.25, -0.2) is 4.39 Å². The van der Waals surface area contributed by atoms with E-state index in [1.807, 2.05) is 13.0 Å². The minimum Gasteiger partial charge on any atom is -0.491 e. The van der Waals surface area contributed by atoms with Crippen LogP contribution in [0.1, 0.15) is 12.5 Å². The fraction of sp³-hybridized carbons (Fsp3) is 0.538. The molecular formula is C13H20FNO3. The van der Waals surface area contributed by atoms with Crippen molar-refractivity contribution in [2.24, 2.45) is 0 Å². The van der Waals surface area contributed by atoms with Crippen molar-refractivity contribution in [3.63, 3.8) is 0 Å². The van der Waals surface area contributed by atoms with Crippen LogP contribution in [-0.2, 0) is 6.42 Å². The van der Waals surface area contributed by atoms with Gasteiger partial charge in [-0.3, -0.25) is 0 Å². The molecule has 0 fully saturated rings. The van der Waals surface area contributed by atoms with Crippen molar-refractivity contribution in [2.75, 3.05) is 26.3 Å². The highest BCUT2D eigenvalue weighted by molar-refractivity contribution is 5.29. The number of halogens is 1. The van der Waals surface area contributed by atoms with Gasteiger partial charge in [-0.15, -0.1) is 0 Å². The highest BCUT2D eigenvalue weighted by Crippen LogP contribution is 2.18. The van der Waals surface area contributed by atoms with E-state index in [-0.39, 0.29) is 18.2 Å². The number of rotatable bonds is 8. The molecule has 0 heterocycles. The Labute approximate surface area is 106 Å². The molecule has 3 N–H and O–H groups in total. The predicted octanol–water partition coefficient (Wildman–Crippen LogP) is 0.710. The maximum Gasteiger partial charge on any atom is 0.165 e. The number of hydrogen-bond acceptors (Lipinski definition) is 4. The van der Waals surface area contributed by atoms with E-state index in [0.29, 0.717) is 26.1 Å². The summed E-state index contributed by atoms with van der Waals surface area (Å²) in [6.07, 6.45) is -0.0938. The van der Waals surface area contributed by atoms with Crippen LogP contribution >= 0.6 is 0 Å². The Morgan fingerprint density at radius 1 is 1.44 bits per heavy atom. The number of hydrogen-bond donors (Lipinski definition) is 3. The second-order valence-electron chi connectivity index (χ2n) is 3.99. The Morgan fingerprint density at radius 3 is 2.83 bits per heavy atom. The number of benzene rings is 1. The number of ether oxygens (including phenoxy) is 1. The van der Waals surface area contributed by atoms with Crippen molar-refractivity contribution < 1.29 is 19.3 Å². The molecule has 0 spiro atoms. The van der Waals surface area contributed by atoms with E-state index in [1.54, 1.807) is 6.07 Å². The highest BCUT2D eigenvalue weighted by atomic mass is 19.1. The topological polar surface area (TPSA) is 61.7 Å². The molecular weight excluding hydrogens is 237 g/mol. The first-order chi connectivity index (χ1) is 8.67. The van der Waals surface area contributed by atoms with Crippen LogP contribution in [0.5, 0.6) is 5.75 Å². The first-order valence-electron chi connectivity index (χ1n) is 6.08. The summed E-state index contributed by atoms with van der Waals surface area (Å²) in [7, 11) is 0. The van der Waals surface area contributed by atoms with Crippen molar-refractivity contribution in [1.29, 1.82) is 0 Å². The van der Waals surface area contributed by atoms with Gasteiger partial charge < -0.3 is 20.3 Å². The summed E-state index contributed by atoms with van der Waals surface area (Å²) in [5, 5.41) is 20.7. The van der Waals surface area contributed by atoms with Gasteiger partial charge in [0.25, 0.3) is 0 Å². The van der Waals surface area contributed by atoms with E-state index >= 15 is 0 Å². The highest BCUT2D eigenvalue weighted by Gasteiger charge is 2.04. The first kappa shape index (κ1) is 14.9. The Hall–Kier alpha value is -1.17. The summed E-state index contributed by atoms with van der Waals surface area (Å²) in [6, 6.07) is 4.89. The molecule has 1 unspecified atom stereocenters. The van der Waals surface area contributed by atoms with Gasteiger partial charge in [-0.05, 0) is 37.6 Å². The lowest BCUT2D eigenvalue weighted by molar-refractivity contribution is 0.0947. The van der Waals surface area contributed by atoms with E-state index in [0.717, 1.165) is 5.56 Å². The minimum absolute atomic E-state index is 0.259. The first-order valence-corrected chi connectivity index (χ1v) is 6.08. The molecule has 102 valence electrons. The zero-order valence-corrected chi connectivity index (χ0v) is 10.5. The van der Waals surface area contributed by atoms with E-state index in [4.69, 9.17) is 14.9 Å². The Bertz CT molecular complexity index is 360. The zero-order chi connectivity index (χ0) is 13.4. The molecule has 0 radical (unpaired) electrons. The summed E-state index contributed by atoms with van der Waals surface area (Å²) in [6.45, 7) is 2.94. The molecule has 0 aliphatic heterocycles. The predicted molar refractivity (Wildman–Crippen MR) is 67.2 cm³/mol. The van der Waals surface area contributed by atoms with Crippen LogP contribution in [0.4, 0.5) is 4.39 Å². The van der Waals surface area contributed by atoms with Crippen LogP contribution in [0, 0.1) is 5.82 Å². The van der Waals surface area contributed by atoms with Gasteiger partial charge in [0.15, 0.2) is 11.6 Å². The van der Waals surface area contributed by atoms with Gasteiger partial charge in [0.1, 0.15) is 0 Å². The monoisotopic (exact) mass is 257 g/mol. The smallest absolute Gasteiger partial charge is 0.165 e. The van der Waals surface area contributed by atoms with Gasteiger partial charge in [0, 0.05) is 6.54 Å². The fourth-order valence-corrected chi connectivity index (χ4v) is 1.54.